The van der Waals surface area contributed by atoms with E-state index < -0.39 is 11.4 Å². The van der Waals surface area contributed by atoms with Gasteiger partial charge in [0.05, 0.1) is 12.9 Å². The topological polar surface area (TPSA) is 96.3 Å². The summed E-state index contributed by atoms with van der Waals surface area (Å²) >= 11 is 0. The summed E-state index contributed by atoms with van der Waals surface area (Å²) in [5.41, 5.74) is 3.49. The van der Waals surface area contributed by atoms with Crippen molar-refractivity contribution in [3.63, 3.8) is 0 Å². The summed E-state index contributed by atoms with van der Waals surface area (Å²) in [7, 11) is 0. The number of benzene rings is 2. The fourth-order valence-corrected chi connectivity index (χ4v) is 4.89. The molecule has 1 fully saturated rings. The summed E-state index contributed by atoms with van der Waals surface area (Å²) in [6, 6.07) is 15.8. The van der Waals surface area contributed by atoms with Gasteiger partial charge in [0.15, 0.2) is 5.69 Å². The highest BCUT2D eigenvalue weighted by Gasteiger charge is 2.53. The average Bonchev–Trinajstić information content (AvgIpc) is 3.59. The minimum atomic E-state index is -1.08. The number of hydrogen-bond acceptors (Lipinski definition) is 4. The van der Waals surface area contributed by atoms with E-state index in [9.17, 15) is 14.4 Å². The lowest BCUT2D eigenvalue weighted by atomic mass is 9.93. The van der Waals surface area contributed by atoms with Gasteiger partial charge in [0.2, 0.25) is 5.91 Å². The van der Waals surface area contributed by atoms with Crippen molar-refractivity contribution in [1.82, 2.24) is 25.1 Å². The molecule has 8 heteroatoms. The van der Waals surface area contributed by atoms with E-state index in [-0.39, 0.29) is 35.8 Å². The van der Waals surface area contributed by atoms with Crippen molar-refractivity contribution in [2.24, 2.45) is 0 Å². The van der Waals surface area contributed by atoms with Crippen molar-refractivity contribution < 1.29 is 14.4 Å². The summed E-state index contributed by atoms with van der Waals surface area (Å²) in [6.45, 7) is 6.78. The van der Waals surface area contributed by atoms with Gasteiger partial charge in [-0.05, 0) is 44.7 Å². The largest absolute Gasteiger partial charge is 0.350 e. The van der Waals surface area contributed by atoms with Crippen LogP contribution in [-0.4, -0.2) is 43.8 Å². The van der Waals surface area contributed by atoms with Crippen molar-refractivity contribution in [3.8, 4) is 0 Å². The molecule has 8 nitrogen and oxygen atoms in total. The molecule has 0 saturated heterocycles. The number of aromatic nitrogens is 2. The zero-order valence-corrected chi connectivity index (χ0v) is 20.9. The lowest BCUT2D eigenvalue weighted by molar-refractivity contribution is -0.133. The van der Waals surface area contributed by atoms with Crippen molar-refractivity contribution in [3.05, 3.63) is 88.5 Å². The van der Waals surface area contributed by atoms with Gasteiger partial charge in [-0.1, -0.05) is 59.7 Å². The maximum atomic E-state index is 13.7. The van der Waals surface area contributed by atoms with Crippen LogP contribution in [0.5, 0.6) is 0 Å². The van der Waals surface area contributed by atoms with Gasteiger partial charge in [-0.3, -0.25) is 14.4 Å². The third-order valence-electron chi connectivity index (χ3n) is 6.99. The SMILES string of the molecule is Cc1ccc(CNC(=O)c2ncn3c2C(=O)N(C2CC2)[C@](C)(C(=O)NCc2cccc(C)c2)C3)cc1. The van der Waals surface area contributed by atoms with Crippen molar-refractivity contribution in [2.75, 3.05) is 0 Å². The first-order valence-electron chi connectivity index (χ1n) is 12.3. The number of nitrogens with one attached hydrogen (secondary N) is 2. The molecular formula is C28H31N5O3. The second-order valence-electron chi connectivity index (χ2n) is 10.1. The fourth-order valence-electron chi connectivity index (χ4n) is 4.89. The van der Waals surface area contributed by atoms with Crippen LogP contribution < -0.4 is 10.6 Å². The molecule has 2 aromatic carbocycles. The quantitative estimate of drug-likeness (QED) is 0.538. The second-order valence-corrected chi connectivity index (χ2v) is 10.1. The first kappa shape index (κ1) is 23.8. The Morgan fingerprint density at radius 1 is 1.00 bits per heavy atom. The average molecular weight is 486 g/mol. The fraction of sp³-hybridized carbons (Fsp3) is 0.357. The first-order chi connectivity index (χ1) is 17.3. The van der Waals surface area contributed by atoms with E-state index in [2.05, 4.69) is 15.6 Å². The minimum Gasteiger partial charge on any atom is -0.350 e. The number of aryl methyl sites for hydroxylation is 2. The van der Waals surface area contributed by atoms with Gasteiger partial charge in [-0.2, -0.15) is 0 Å². The zero-order chi connectivity index (χ0) is 25.4. The Kier molecular flexibility index (Phi) is 6.12. The highest BCUT2D eigenvalue weighted by molar-refractivity contribution is 6.07. The summed E-state index contributed by atoms with van der Waals surface area (Å²) in [5.74, 6) is -0.940. The normalized spacial score (nSPS) is 19.1. The molecule has 3 amide bonds. The van der Waals surface area contributed by atoms with Crippen LogP contribution in [0.15, 0.2) is 54.9 Å². The summed E-state index contributed by atoms with van der Waals surface area (Å²) < 4.78 is 1.65. The molecule has 0 spiro atoms. The Bertz CT molecular complexity index is 1330. The van der Waals surface area contributed by atoms with Crippen molar-refractivity contribution in [1.29, 1.82) is 0 Å². The molecule has 0 unspecified atom stereocenters. The Balaban J connectivity index is 1.35. The number of amides is 3. The smallest absolute Gasteiger partial charge is 0.274 e. The van der Waals surface area contributed by atoms with E-state index in [0.717, 1.165) is 35.1 Å². The van der Waals surface area contributed by atoms with Crippen LogP contribution in [0.4, 0.5) is 0 Å². The maximum Gasteiger partial charge on any atom is 0.274 e. The van der Waals surface area contributed by atoms with Crippen LogP contribution in [0.3, 0.4) is 0 Å². The van der Waals surface area contributed by atoms with Gasteiger partial charge in [0.1, 0.15) is 11.2 Å². The van der Waals surface area contributed by atoms with Gasteiger partial charge in [-0.25, -0.2) is 4.98 Å². The lowest BCUT2D eigenvalue weighted by Crippen LogP contribution is -2.64. The van der Waals surface area contributed by atoms with Crippen LogP contribution >= 0.6 is 0 Å². The van der Waals surface area contributed by atoms with Gasteiger partial charge >= 0.3 is 0 Å². The van der Waals surface area contributed by atoms with Crippen LogP contribution in [0.25, 0.3) is 0 Å². The van der Waals surface area contributed by atoms with Gasteiger partial charge in [-0.15, -0.1) is 0 Å². The van der Waals surface area contributed by atoms with E-state index in [1.54, 1.807) is 16.4 Å². The molecule has 2 N–H and O–H groups in total. The first-order valence-corrected chi connectivity index (χ1v) is 12.3. The van der Waals surface area contributed by atoms with Gasteiger partial charge in [0, 0.05) is 19.1 Å². The molecule has 5 rings (SSSR count). The van der Waals surface area contributed by atoms with E-state index >= 15 is 0 Å². The number of imidazole rings is 1. The molecule has 2 aliphatic rings. The van der Waals surface area contributed by atoms with Gasteiger partial charge in [0.25, 0.3) is 11.8 Å². The number of nitrogens with zero attached hydrogens (tertiary/aromatic N) is 3. The number of hydrogen-bond donors (Lipinski definition) is 2. The molecule has 0 radical (unpaired) electrons. The molecule has 1 aliphatic carbocycles. The Labute approximate surface area is 210 Å². The maximum absolute atomic E-state index is 13.7. The van der Waals surface area contributed by atoms with Crippen LogP contribution in [0.2, 0.25) is 0 Å². The van der Waals surface area contributed by atoms with Crippen LogP contribution in [-0.2, 0) is 24.4 Å². The van der Waals surface area contributed by atoms with Crippen molar-refractivity contribution >= 4 is 17.7 Å². The van der Waals surface area contributed by atoms with Crippen molar-refractivity contribution in [2.45, 2.75) is 64.8 Å². The Morgan fingerprint density at radius 3 is 2.42 bits per heavy atom. The molecule has 186 valence electrons. The van der Waals surface area contributed by atoms with Gasteiger partial charge < -0.3 is 20.1 Å². The van der Waals surface area contributed by atoms with Crippen LogP contribution in [0, 0.1) is 13.8 Å². The highest BCUT2D eigenvalue weighted by Crippen LogP contribution is 2.38. The lowest BCUT2D eigenvalue weighted by Gasteiger charge is -2.44. The molecule has 2 heterocycles. The number of rotatable bonds is 7. The third-order valence-corrected chi connectivity index (χ3v) is 6.99. The van der Waals surface area contributed by atoms with E-state index in [0.29, 0.717) is 13.1 Å². The molecule has 3 aromatic rings. The predicted molar refractivity (Wildman–Crippen MR) is 135 cm³/mol. The van der Waals surface area contributed by atoms with E-state index in [4.69, 9.17) is 0 Å². The molecule has 1 saturated carbocycles. The standard InChI is InChI=1S/C28H31N5O3/c1-18-7-9-20(10-8-18)14-29-25(34)23-24-26(35)33(22-11-12-22)28(3,16-32(24)17-31-23)27(36)30-15-21-6-4-5-19(2)13-21/h4-10,13,17,22H,11-12,14-16H2,1-3H3,(H,29,34)(H,30,36)/t28-/m0/s1. The summed E-state index contributed by atoms with van der Waals surface area (Å²) in [6.07, 6.45) is 3.18. The van der Waals surface area contributed by atoms with E-state index in [1.807, 2.05) is 62.4 Å². The number of fused-ring (bicyclic) bond motifs is 1. The highest BCUT2D eigenvalue weighted by atomic mass is 16.2. The molecule has 1 aliphatic heterocycles. The molecule has 36 heavy (non-hydrogen) atoms. The summed E-state index contributed by atoms with van der Waals surface area (Å²) in [5, 5.41) is 5.90. The predicted octanol–water partition coefficient (Wildman–Crippen LogP) is 3.12. The minimum absolute atomic E-state index is 0.0145. The van der Waals surface area contributed by atoms with Crippen LogP contribution in [0.1, 0.15) is 63.0 Å². The third kappa shape index (κ3) is 4.51. The molecular weight excluding hydrogens is 454 g/mol. The number of carbonyl (C=O) groups excluding carboxylic acids is 3. The Morgan fingerprint density at radius 2 is 1.72 bits per heavy atom. The van der Waals surface area contributed by atoms with E-state index in [1.165, 1.54) is 6.33 Å². The monoisotopic (exact) mass is 485 g/mol. The molecule has 1 atom stereocenters. The second kappa shape index (κ2) is 9.26. The zero-order valence-electron chi connectivity index (χ0n) is 20.9. The molecule has 0 bridgehead atoms. The number of carbonyl (C=O) groups is 3. The summed E-state index contributed by atoms with van der Waals surface area (Å²) in [4.78, 5) is 46.2. The molecule has 1 aromatic heterocycles. The Hall–Kier alpha value is -3.94.